The van der Waals surface area contributed by atoms with E-state index in [1.807, 2.05) is 30.3 Å². The molecular weight excluding hydrogens is 829 g/mol. The molecule has 3 saturated carbocycles. The Morgan fingerprint density at radius 1 is 0.922 bits per heavy atom. The number of hydrogen-bond acceptors (Lipinski definition) is 11. The van der Waals surface area contributed by atoms with Gasteiger partial charge in [0.1, 0.15) is 17.2 Å². The van der Waals surface area contributed by atoms with E-state index in [4.69, 9.17) is 9.47 Å². The maximum absolute atomic E-state index is 13.9. The highest BCUT2D eigenvalue weighted by molar-refractivity contribution is 7.90. The number of carbonyl (C=O) groups excluding carboxylic acids is 1. The summed E-state index contributed by atoms with van der Waals surface area (Å²) in [7, 11) is -4.52. The van der Waals surface area contributed by atoms with Gasteiger partial charge in [0, 0.05) is 62.6 Å². The van der Waals surface area contributed by atoms with Gasteiger partial charge < -0.3 is 19.7 Å². The first-order valence-corrected chi connectivity index (χ1v) is 24.7. The summed E-state index contributed by atoms with van der Waals surface area (Å²) < 4.78 is 41.2. The van der Waals surface area contributed by atoms with Crippen molar-refractivity contribution in [3.8, 4) is 11.5 Å². The molecule has 64 heavy (non-hydrogen) atoms. The number of anilines is 2. The van der Waals surface area contributed by atoms with Crippen LogP contribution in [0.15, 0.2) is 102 Å². The van der Waals surface area contributed by atoms with Crippen LogP contribution in [0, 0.1) is 33.3 Å². The Hall–Kier alpha value is -5.02. The summed E-state index contributed by atoms with van der Waals surface area (Å²) in [5.41, 5.74) is 2.53. The Bertz CT molecular complexity index is 2330. The normalized spacial score (nSPS) is 22.4. The van der Waals surface area contributed by atoms with Gasteiger partial charge in [-0.05, 0) is 123 Å². The fourth-order valence-corrected chi connectivity index (χ4v) is 11.9. The van der Waals surface area contributed by atoms with Crippen molar-refractivity contribution >= 4 is 33.0 Å². The molecule has 2 bridgehead atoms. The number of piperidine rings is 1. The zero-order valence-corrected chi connectivity index (χ0v) is 38.3. The molecule has 342 valence electrons. The van der Waals surface area contributed by atoms with Crippen LogP contribution in [0.1, 0.15) is 75.2 Å². The van der Waals surface area contributed by atoms with Crippen LogP contribution in [0.25, 0.3) is 0 Å². The summed E-state index contributed by atoms with van der Waals surface area (Å²) in [5.74, 6) is 2.01. The minimum atomic E-state index is -4.52. The standard InChI is InChI=1S/C50H64N6O7S/c1-36-44-32-38(50(44,2)3)33-46(36)55(25-10-14-37-12-6-4-7-13-37)39-21-26-54(27-22-39)40-17-19-43(48(34-40)63-41-15-8-5-9-16-41)49(57)52-64(60,61)42-18-20-45(47(35-42)56(58)59)51-23-11-24-53-28-30-62-31-29-53/h4-9,12-13,15-20,34-36,38-39,44,46,51H,10-11,14,21-33H2,1-3H3,(H,52,57)/t36-,38+,44-,46-/m0/s1. The number of hydrogen-bond donors (Lipinski definition) is 2. The fraction of sp³-hybridized carbons (Fsp3) is 0.500. The van der Waals surface area contributed by atoms with Crippen LogP contribution in [-0.4, -0.2) is 100 Å². The third kappa shape index (κ3) is 10.4. The quantitative estimate of drug-likeness (QED) is 0.0563. The number of nitrogens with one attached hydrogen (secondary N) is 2. The van der Waals surface area contributed by atoms with Gasteiger partial charge in [-0.3, -0.25) is 24.7 Å². The molecule has 5 aliphatic rings. The molecule has 0 aromatic heterocycles. The second-order valence-corrected chi connectivity index (χ2v) is 20.5. The van der Waals surface area contributed by atoms with Gasteiger partial charge in [-0.15, -0.1) is 0 Å². The molecule has 4 atom stereocenters. The first kappa shape index (κ1) is 45.5. The van der Waals surface area contributed by atoms with Crippen molar-refractivity contribution in [3.05, 3.63) is 118 Å². The molecule has 3 aliphatic carbocycles. The monoisotopic (exact) mass is 892 g/mol. The molecule has 9 rings (SSSR count). The Kier molecular flexibility index (Phi) is 14.2. The lowest BCUT2D eigenvalue weighted by atomic mass is 9.44. The van der Waals surface area contributed by atoms with E-state index in [1.165, 1.54) is 30.5 Å². The van der Waals surface area contributed by atoms with E-state index in [0.29, 0.717) is 48.9 Å². The van der Waals surface area contributed by atoms with E-state index in [-0.39, 0.29) is 17.0 Å². The highest BCUT2D eigenvalue weighted by Gasteiger charge is 2.57. The molecular formula is C50H64N6O7S. The van der Waals surface area contributed by atoms with Gasteiger partial charge in [-0.2, -0.15) is 0 Å². The molecule has 0 spiro atoms. The van der Waals surface area contributed by atoms with Gasteiger partial charge in [0.2, 0.25) is 0 Å². The summed E-state index contributed by atoms with van der Waals surface area (Å²) in [4.78, 5) is 32.5. The van der Waals surface area contributed by atoms with E-state index in [1.54, 1.807) is 18.2 Å². The summed E-state index contributed by atoms with van der Waals surface area (Å²) in [5, 5.41) is 15.2. The summed E-state index contributed by atoms with van der Waals surface area (Å²) in [6.07, 6.45) is 7.59. The Morgan fingerprint density at radius 2 is 1.64 bits per heavy atom. The number of sulfonamides is 1. The van der Waals surface area contributed by atoms with Crippen molar-refractivity contribution in [1.29, 1.82) is 0 Å². The number of benzene rings is 4. The van der Waals surface area contributed by atoms with E-state index < -0.39 is 31.4 Å². The van der Waals surface area contributed by atoms with Crippen molar-refractivity contribution in [2.24, 2.45) is 23.2 Å². The number of nitro groups is 1. The van der Waals surface area contributed by atoms with E-state index >= 15 is 0 Å². The number of nitrogens with zero attached hydrogens (tertiary/aromatic N) is 4. The minimum Gasteiger partial charge on any atom is -0.456 e. The maximum atomic E-state index is 13.9. The van der Waals surface area contributed by atoms with Crippen LogP contribution >= 0.6 is 0 Å². The van der Waals surface area contributed by atoms with Crippen LogP contribution in [-0.2, 0) is 21.2 Å². The zero-order chi connectivity index (χ0) is 44.8. The SMILES string of the molecule is C[C@@H]1[C@@H](N(CCCc2ccccc2)C2CCN(c3ccc(C(=O)NS(=O)(=O)c4ccc(NCCCN5CCOCC5)c([N+](=O)[O-])c4)c(Oc4ccccc4)c3)CC2)C[C@H]2C[C@@H]1C2(C)C. The van der Waals surface area contributed by atoms with E-state index in [2.05, 4.69) is 75.8 Å². The highest BCUT2D eigenvalue weighted by atomic mass is 32.2. The zero-order valence-electron chi connectivity index (χ0n) is 37.5. The Balaban J connectivity index is 0.953. The first-order valence-electron chi connectivity index (χ1n) is 23.2. The molecule has 2 saturated heterocycles. The molecule has 2 heterocycles. The molecule has 0 radical (unpaired) electrons. The predicted molar refractivity (Wildman–Crippen MR) is 251 cm³/mol. The van der Waals surface area contributed by atoms with E-state index in [0.717, 1.165) is 95.0 Å². The number of carbonyl (C=O) groups is 1. The summed E-state index contributed by atoms with van der Waals surface area (Å²) in [6, 6.07) is 29.8. The number of ether oxygens (including phenoxy) is 2. The second-order valence-electron chi connectivity index (χ2n) is 18.8. The van der Waals surface area contributed by atoms with Crippen molar-refractivity contribution < 1.29 is 27.6 Å². The molecule has 0 unspecified atom stereocenters. The predicted octanol–water partition coefficient (Wildman–Crippen LogP) is 8.61. The smallest absolute Gasteiger partial charge is 0.293 e. The Labute approximate surface area is 378 Å². The van der Waals surface area contributed by atoms with Crippen LogP contribution in [0.3, 0.4) is 0 Å². The molecule has 4 aromatic rings. The summed E-state index contributed by atoms with van der Waals surface area (Å²) in [6.45, 7) is 14.5. The number of aryl methyl sites for hydroxylation is 1. The van der Waals surface area contributed by atoms with Crippen molar-refractivity contribution in [2.45, 2.75) is 82.7 Å². The number of fused-ring (bicyclic) bond motifs is 2. The molecule has 1 amide bonds. The molecule has 14 heteroatoms. The lowest BCUT2D eigenvalue weighted by Crippen LogP contribution is -2.63. The molecule has 2 aliphatic heterocycles. The molecule has 5 fully saturated rings. The van der Waals surface area contributed by atoms with E-state index in [9.17, 15) is 23.3 Å². The minimum absolute atomic E-state index is 0.0245. The van der Waals surface area contributed by atoms with Gasteiger partial charge in [0.15, 0.2) is 0 Å². The third-order valence-corrected chi connectivity index (χ3v) is 16.0. The molecule has 13 nitrogen and oxygen atoms in total. The number of para-hydroxylation sites is 1. The van der Waals surface area contributed by atoms with Gasteiger partial charge in [0.25, 0.3) is 21.6 Å². The van der Waals surface area contributed by atoms with Crippen molar-refractivity contribution in [2.75, 3.05) is 69.2 Å². The number of amides is 1. The van der Waals surface area contributed by atoms with Crippen LogP contribution < -0.4 is 19.7 Å². The third-order valence-electron chi connectivity index (χ3n) is 14.7. The largest absolute Gasteiger partial charge is 0.456 e. The first-order chi connectivity index (χ1) is 30.9. The number of morpholine rings is 1. The van der Waals surface area contributed by atoms with Gasteiger partial charge in [-0.1, -0.05) is 69.3 Å². The summed E-state index contributed by atoms with van der Waals surface area (Å²) >= 11 is 0. The second kappa shape index (κ2) is 20.0. The lowest BCUT2D eigenvalue weighted by Gasteiger charge is -2.64. The van der Waals surface area contributed by atoms with Gasteiger partial charge >= 0.3 is 0 Å². The van der Waals surface area contributed by atoms with Gasteiger partial charge in [-0.25, -0.2) is 13.1 Å². The number of nitro benzene ring substituents is 1. The van der Waals surface area contributed by atoms with Crippen LogP contribution in [0.2, 0.25) is 0 Å². The topological polar surface area (TPSA) is 147 Å². The van der Waals surface area contributed by atoms with Crippen molar-refractivity contribution in [3.63, 3.8) is 0 Å². The van der Waals surface area contributed by atoms with Crippen molar-refractivity contribution in [1.82, 2.24) is 14.5 Å². The van der Waals surface area contributed by atoms with Crippen LogP contribution in [0.4, 0.5) is 17.1 Å². The van der Waals surface area contributed by atoms with Gasteiger partial charge in [0.05, 0.1) is 28.6 Å². The molecule has 4 aromatic carbocycles. The molecule has 2 N–H and O–H groups in total. The average Bonchev–Trinajstić information content (AvgIpc) is 3.30. The van der Waals surface area contributed by atoms with Crippen LogP contribution in [0.5, 0.6) is 11.5 Å². The maximum Gasteiger partial charge on any atom is 0.293 e. The lowest BCUT2D eigenvalue weighted by molar-refractivity contribution is -0.384. The Morgan fingerprint density at radius 3 is 2.33 bits per heavy atom. The average molecular weight is 893 g/mol. The fourth-order valence-electron chi connectivity index (χ4n) is 10.9. The number of rotatable bonds is 18. The highest BCUT2D eigenvalue weighted by Crippen LogP contribution is 2.62.